The highest BCUT2D eigenvalue weighted by molar-refractivity contribution is 9.10. The zero-order valence-electron chi connectivity index (χ0n) is 15.3. The number of hydrogen-bond donors (Lipinski definition) is 1. The van der Waals surface area contributed by atoms with Crippen LogP contribution >= 0.6 is 15.9 Å². The van der Waals surface area contributed by atoms with Gasteiger partial charge in [-0.05, 0) is 48.4 Å². The average molecular weight is 432 g/mol. The molecular weight excluding hydrogens is 414 g/mol. The van der Waals surface area contributed by atoms with Gasteiger partial charge in [0, 0.05) is 33.5 Å². The number of nitrogens with zero attached hydrogens (tertiary/aromatic N) is 2. The molecule has 0 saturated heterocycles. The first kappa shape index (κ1) is 18.3. The zero-order valence-corrected chi connectivity index (χ0v) is 16.9. The van der Waals surface area contributed by atoms with E-state index in [9.17, 15) is 4.79 Å². The Morgan fingerprint density at radius 2 is 1.75 bits per heavy atom. The molecule has 2 aromatic heterocycles. The van der Waals surface area contributed by atoms with Crippen LogP contribution in [0.4, 0.5) is 5.69 Å². The molecule has 1 N–H and O–H groups in total. The van der Waals surface area contributed by atoms with Gasteiger partial charge in [0.25, 0.3) is 5.91 Å². The Balaban J connectivity index is 1.82. The molecule has 5 heteroatoms. The van der Waals surface area contributed by atoms with Gasteiger partial charge in [0.05, 0.1) is 16.8 Å². The maximum Gasteiger partial charge on any atom is 0.256 e. The van der Waals surface area contributed by atoms with Crippen LogP contribution in [0.5, 0.6) is 0 Å². The van der Waals surface area contributed by atoms with Gasteiger partial charge >= 0.3 is 0 Å². The normalized spacial score (nSPS) is 10.8. The van der Waals surface area contributed by atoms with Crippen molar-refractivity contribution >= 4 is 38.4 Å². The number of pyridine rings is 2. The smallest absolute Gasteiger partial charge is 0.256 e. The van der Waals surface area contributed by atoms with E-state index in [-0.39, 0.29) is 5.91 Å². The molecule has 0 radical (unpaired) electrons. The fraction of sp³-hybridized carbons (Fsp3) is 0.0870. The van der Waals surface area contributed by atoms with Crippen LogP contribution < -0.4 is 5.32 Å². The number of rotatable bonds is 4. The molecule has 1 amide bonds. The second kappa shape index (κ2) is 7.90. The van der Waals surface area contributed by atoms with Crippen LogP contribution in [0.1, 0.15) is 22.8 Å². The lowest BCUT2D eigenvalue weighted by Gasteiger charge is -2.11. The van der Waals surface area contributed by atoms with Gasteiger partial charge < -0.3 is 5.32 Å². The van der Waals surface area contributed by atoms with E-state index in [1.54, 1.807) is 24.5 Å². The summed E-state index contributed by atoms with van der Waals surface area (Å²) in [5.74, 6) is -0.178. The van der Waals surface area contributed by atoms with Gasteiger partial charge in [0.2, 0.25) is 0 Å². The van der Waals surface area contributed by atoms with E-state index >= 15 is 0 Å². The summed E-state index contributed by atoms with van der Waals surface area (Å²) >= 11 is 3.49. The Hall–Kier alpha value is -3.05. The number of fused-ring (bicyclic) bond motifs is 1. The SMILES string of the molecule is CCc1ccc(-c2cc(C(=O)Nc3ccncc3)c3cc(Br)ccc3n2)cc1. The van der Waals surface area contributed by atoms with Crippen molar-refractivity contribution in [1.82, 2.24) is 9.97 Å². The molecule has 0 aliphatic rings. The first-order chi connectivity index (χ1) is 13.6. The predicted molar refractivity (Wildman–Crippen MR) is 116 cm³/mol. The first-order valence-electron chi connectivity index (χ1n) is 9.05. The number of benzene rings is 2. The van der Waals surface area contributed by atoms with Crippen molar-refractivity contribution in [3.8, 4) is 11.3 Å². The number of nitrogens with one attached hydrogen (secondary N) is 1. The lowest BCUT2D eigenvalue weighted by molar-refractivity contribution is 0.102. The lowest BCUT2D eigenvalue weighted by Crippen LogP contribution is -2.13. The molecule has 2 heterocycles. The van der Waals surface area contributed by atoms with Gasteiger partial charge in [-0.15, -0.1) is 0 Å². The molecule has 4 aromatic rings. The van der Waals surface area contributed by atoms with E-state index in [0.29, 0.717) is 11.3 Å². The molecule has 138 valence electrons. The lowest BCUT2D eigenvalue weighted by atomic mass is 10.0. The summed E-state index contributed by atoms with van der Waals surface area (Å²) in [4.78, 5) is 21.8. The Kier molecular flexibility index (Phi) is 5.17. The number of carbonyl (C=O) groups excluding carboxylic acids is 1. The fourth-order valence-corrected chi connectivity index (χ4v) is 3.44. The summed E-state index contributed by atoms with van der Waals surface area (Å²) < 4.78 is 0.903. The summed E-state index contributed by atoms with van der Waals surface area (Å²) in [6, 6.07) is 19.5. The number of aromatic nitrogens is 2. The Morgan fingerprint density at radius 1 is 1.00 bits per heavy atom. The van der Waals surface area contributed by atoms with E-state index in [4.69, 9.17) is 4.98 Å². The van der Waals surface area contributed by atoms with Crippen molar-refractivity contribution < 1.29 is 4.79 Å². The van der Waals surface area contributed by atoms with Crippen molar-refractivity contribution in [2.24, 2.45) is 0 Å². The van der Waals surface area contributed by atoms with Crippen molar-refractivity contribution in [2.45, 2.75) is 13.3 Å². The number of aryl methyl sites for hydroxylation is 1. The van der Waals surface area contributed by atoms with Crippen molar-refractivity contribution in [2.75, 3.05) is 5.32 Å². The second-order valence-electron chi connectivity index (χ2n) is 6.46. The highest BCUT2D eigenvalue weighted by Gasteiger charge is 2.15. The quantitative estimate of drug-likeness (QED) is 0.439. The molecule has 0 spiro atoms. The summed E-state index contributed by atoms with van der Waals surface area (Å²) in [5, 5.41) is 3.75. The zero-order chi connectivity index (χ0) is 19.5. The van der Waals surface area contributed by atoms with Crippen molar-refractivity contribution in [1.29, 1.82) is 0 Å². The van der Waals surface area contributed by atoms with E-state index in [1.165, 1.54) is 5.56 Å². The van der Waals surface area contributed by atoms with Crippen molar-refractivity contribution in [3.05, 3.63) is 88.7 Å². The van der Waals surface area contributed by atoms with Gasteiger partial charge in [-0.2, -0.15) is 0 Å². The van der Waals surface area contributed by atoms with Crippen LogP contribution in [0.3, 0.4) is 0 Å². The summed E-state index contributed by atoms with van der Waals surface area (Å²) in [5.41, 5.74) is 5.09. The van der Waals surface area contributed by atoms with Crippen LogP contribution in [-0.4, -0.2) is 15.9 Å². The van der Waals surface area contributed by atoms with Gasteiger partial charge in [0.1, 0.15) is 0 Å². The Bertz CT molecular complexity index is 1140. The van der Waals surface area contributed by atoms with E-state index < -0.39 is 0 Å². The third-order valence-corrected chi connectivity index (χ3v) is 5.10. The molecule has 4 rings (SSSR count). The molecule has 4 nitrogen and oxygen atoms in total. The van der Waals surface area contributed by atoms with Crippen LogP contribution in [0.2, 0.25) is 0 Å². The molecule has 0 unspecified atom stereocenters. The van der Waals surface area contributed by atoms with Gasteiger partial charge in [-0.1, -0.05) is 47.1 Å². The maximum atomic E-state index is 13.0. The standard InChI is InChI=1S/C23H18BrN3O/c1-2-15-3-5-16(6-4-15)22-14-20(19-13-17(24)7-8-21(19)27-22)23(28)26-18-9-11-25-12-10-18/h3-14H,2H2,1H3,(H,25,26,28). The minimum Gasteiger partial charge on any atom is -0.322 e. The molecule has 0 aliphatic carbocycles. The van der Waals surface area contributed by atoms with Crippen molar-refractivity contribution in [3.63, 3.8) is 0 Å². The number of hydrogen-bond acceptors (Lipinski definition) is 3. The highest BCUT2D eigenvalue weighted by atomic mass is 79.9. The summed E-state index contributed by atoms with van der Waals surface area (Å²) in [7, 11) is 0. The van der Waals surface area contributed by atoms with Gasteiger partial charge in [-0.3, -0.25) is 9.78 Å². The van der Waals surface area contributed by atoms with Crippen LogP contribution in [-0.2, 0) is 6.42 Å². The summed E-state index contributed by atoms with van der Waals surface area (Å²) in [6.07, 6.45) is 4.29. The van der Waals surface area contributed by atoms with Gasteiger partial charge in [0.15, 0.2) is 0 Å². The van der Waals surface area contributed by atoms with Crippen LogP contribution in [0, 0.1) is 0 Å². The fourth-order valence-electron chi connectivity index (χ4n) is 3.08. The predicted octanol–water partition coefficient (Wildman–Crippen LogP) is 5.87. The number of halogens is 1. The molecule has 2 aromatic carbocycles. The molecule has 28 heavy (non-hydrogen) atoms. The van der Waals surface area contributed by atoms with Crippen LogP contribution in [0.25, 0.3) is 22.2 Å². The Labute approximate surface area is 171 Å². The average Bonchev–Trinajstić information content (AvgIpc) is 2.73. The third-order valence-electron chi connectivity index (χ3n) is 4.61. The Morgan fingerprint density at radius 3 is 2.46 bits per heavy atom. The molecule has 0 fully saturated rings. The second-order valence-corrected chi connectivity index (χ2v) is 7.37. The number of carbonyl (C=O) groups is 1. The van der Waals surface area contributed by atoms with E-state index in [1.807, 2.05) is 24.3 Å². The van der Waals surface area contributed by atoms with E-state index in [0.717, 1.165) is 33.1 Å². The van der Waals surface area contributed by atoms with Crippen LogP contribution in [0.15, 0.2) is 77.5 Å². The molecule has 0 saturated carbocycles. The molecular formula is C23H18BrN3O. The molecule has 0 aliphatic heterocycles. The highest BCUT2D eigenvalue weighted by Crippen LogP contribution is 2.28. The van der Waals surface area contributed by atoms with Gasteiger partial charge in [-0.25, -0.2) is 4.98 Å². The maximum absolute atomic E-state index is 13.0. The minimum atomic E-state index is -0.178. The largest absolute Gasteiger partial charge is 0.322 e. The number of anilines is 1. The van der Waals surface area contributed by atoms with E-state index in [2.05, 4.69) is 57.4 Å². The molecule has 0 bridgehead atoms. The topological polar surface area (TPSA) is 54.9 Å². The first-order valence-corrected chi connectivity index (χ1v) is 9.84. The minimum absolute atomic E-state index is 0.178. The number of amides is 1. The monoisotopic (exact) mass is 431 g/mol. The third kappa shape index (κ3) is 3.80. The molecule has 0 atom stereocenters. The summed E-state index contributed by atoms with van der Waals surface area (Å²) in [6.45, 7) is 2.13.